The predicted molar refractivity (Wildman–Crippen MR) is 80.7 cm³/mol. The van der Waals surface area contributed by atoms with Crippen molar-refractivity contribution in [2.75, 3.05) is 25.5 Å². The summed E-state index contributed by atoms with van der Waals surface area (Å²) in [7, 11) is -0.371. The summed E-state index contributed by atoms with van der Waals surface area (Å²) >= 11 is 0. The number of hydrogen-bond acceptors (Lipinski definition) is 3. The second-order valence-corrected chi connectivity index (χ2v) is 8.10. The lowest BCUT2D eigenvalue weighted by atomic mass is 9.84. The number of rotatable bonds is 3. The van der Waals surface area contributed by atoms with Crippen molar-refractivity contribution in [3.05, 3.63) is 23.8 Å². The average Bonchev–Trinajstić information content (AvgIpc) is 2.79. The van der Waals surface area contributed by atoms with Gasteiger partial charge in [-0.25, -0.2) is 12.7 Å². The van der Waals surface area contributed by atoms with Crippen LogP contribution in [0.15, 0.2) is 23.1 Å². The fourth-order valence-corrected chi connectivity index (χ4v) is 3.81. The van der Waals surface area contributed by atoms with E-state index in [1.165, 1.54) is 18.4 Å². The number of amides is 1. The SMILES string of the molecule is CN(C)S(=O)(=O)c1ccc2c(c1)CCN2C(=O)C1CCC1. The van der Waals surface area contributed by atoms with E-state index in [4.69, 9.17) is 0 Å². The van der Waals surface area contributed by atoms with E-state index in [9.17, 15) is 13.2 Å². The van der Waals surface area contributed by atoms with Gasteiger partial charge in [0.15, 0.2) is 0 Å². The Labute approximate surface area is 125 Å². The highest BCUT2D eigenvalue weighted by Gasteiger charge is 2.34. The van der Waals surface area contributed by atoms with Gasteiger partial charge in [-0.15, -0.1) is 0 Å². The van der Waals surface area contributed by atoms with Crippen molar-refractivity contribution < 1.29 is 13.2 Å². The zero-order valence-corrected chi connectivity index (χ0v) is 13.2. The van der Waals surface area contributed by atoms with Crippen molar-refractivity contribution in [1.82, 2.24) is 4.31 Å². The number of nitrogens with zero attached hydrogens (tertiary/aromatic N) is 2. The molecule has 0 bridgehead atoms. The Morgan fingerprint density at radius 1 is 1.29 bits per heavy atom. The number of sulfonamides is 1. The summed E-state index contributed by atoms with van der Waals surface area (Å²) in [6.45, 7) is 0.663. The summed E-state index contributed by atoms with van der Waals surface area (Å²) in [6, 6.07) is 5.08. The lowest BCUT2D eigenvalue weighted by molar-refractivity contribution is -0.124. The number of hydrogen-bond donors (Lipinski definition) is 0. The minimum Gasteiger partial charge on any atom is -0.312 e. The van der Waals surface area contributed by atoms with Gasteiger partial charge in [-0.05, 0) is 43.0 Å². The average molecular weight is 308 g/mol. The molecule has 1 aromatic rings. The normalized spacial score (nSPS) is 18.7. The third-order valence-corrected chi connectivity index (χ3v) is 6.26. The van der Waals surface area contributed by atoms with E-state index in [1.807, 2.05) is 4.90 Å². The van der Waals surface area contributed by atoms with Crippen LogP contribution in [0, 0.1) is 5.92 Å². The molecule has 0 N–H and O–H groups in total. The Morgan fingerprint density at radius 3 is 2.57 bits per heavy atom. The van der Waals surface area contributed by atoms with Crippen molar-refractivity contribution >= 4 is 21.6 Å². The number of carbonyl (C=O) groups excluding carboxylic acids is 1. The van der Waals surface area contributed by atoms with E-state index in [-0.39, 0.29) is 11.8 Å². The van der Waals surface area contributed by atoms with E-state index < -0.39 is 10.0 Å². The largest absolute Gasteiger partial charge is 0.312 e. The Hall–Kier alpha value is -1.40. The fraction of sp³-hybridized carbons (Fsp3) is 0.533. The Balaban J connectivity index is 1.90. The molecule has 1 aromatic carbocycles. The number of benzene rings is 1. The second kappa shape index (κ2) is 5.10. The van der Waals surface area contributed by atoms with Gasteiger partial charge < -0.3 is 4.90 Å². The van der Waals surface area contributed by atoms with Crippen LogP contribution in [0.1, 0.15) is 24.8 Å². The molecular formula is C15H20N2O3S. The molecule has 0 atom stereocenters. The molecule has 1 amide bonds. The van der Waals surface area contributed by atoms with Gasteiger partial charge in [0, 0.05) is 32.2 Å². The van der Waals surface area contributed by atoms with Crippen molar-refractivity contribution in [3.8, 4) is 0 Å². The monoisotopic (exact) mass is 308 g/mol. The lowest BCUT2D eigenvalue weighted by Gasteiger charge is -2.29. The smallest absolute Gasteiger partial charge is 0.242 e. The molecule has 0 saturated heterocycles. The lowest BCUT2D eigenvalue weighted by Crippen LogP contribution is -2.37. The summed E-state index contributed by atoms with van der Waals surface area (Å²) < 4.78 is 25.5. The van der Waals surface area contributed by atoms with Gasteiger partial charge >= 0.3 is 0 Å². The standard InChI is InChI=1S/C15H20N2O3S/c1-16(2)21(19,20)13-6-7-14-12(10-13)8-9-17(14)15(18)11-4-3-5-11/h6-7,10-11H,3-5,8-9H2,1-2H3. The molecule has 1 aliphatic carbocycles. The maximum absolute atomic E-state index is 12.4. The zero-order chi connectivity index (χ0) is 15.2. The minimum atomic E-state index is -3.42. The van der Waals surface area contributed by atoms with Crippen LogP contribution in [0.4, 0.5) is 5.69 Å². The molecule has 6 heteroatoms. The molecule has 5 nitrogen and oxygen atoms in total. The first-order valence-electron chi connectivity index (χ1n) is 7.28. The van der Waals surface area contributed by atoms with Crippen LogP contribution < -0.4 is 4.90 Å². The molecule has 0 aromatic heterocycles. The molecule has 2 aliphatic rings. The van der Waals surface area contributed by atoms with E-state index in [0.29, 0.717) is 11.4 Å². The van der Waals surface area contributed by atoms with Crippen LogP contribution in [0.5, 0.6) is 0 Å². The fourth-order valence-electron chi connectivity index (χ4n) is 2.85. The zero-order valence-electron chi connectivity index (χ0n) is 12.4. The van der Waals surface area contributed by atoms with Gasteiger partial charge in [-0.2, -0.15) is 0 Å². The maximum atomic E-state index is 12.4. The Kier molecular flexibility index (Phi) is 3.53. The number of carbonyl (C=O) groups is 1. The summed E-state index contributed by atoms with van der Waals surface area (Å²) in [4.78, 5) is 14.5. The summed E-state index contributed by atoms with van der Waals surface area (Å²) in [5, 5.41) is 0. The molecule has 0 spiro atoms. The molecule has 114 valence electrons. The minimum absolute atomic E-state index is 0.168. The second-order valence-electron chi connectivity index (χ2n) is 5.95. The molecule has 0 unspecified atom stereocenters. The van der Waals surface area contributed by atoms with Crippen LogP contribution in [-0.4, -0.2) is 39.3 Å². The van der Waals surface area contributed by atoms with Crippen LogP contribution in [0.2, 0.25) is 0 Å². The molecule has 21 heavy (non-hydrogen) atoms. The first-order chi connectivity index (χ1) is 9.91. The van der Waals surface area contributed by atoms with Crippen molar-refractivity contribution in [3.63, 3.8) is 0 Å². The molecule has 1 heterocycles. The van der Waals surface area contributed by atoms with Gasteiger partial charge in [0.05, 0.1) is 4.90 Å². The maximum Gasteiger partial charge on any atom is 0.242 e. The third kappa shape index (κ3) is 2.36. The Bertz CT molecular complexity index is 678. The molecular weight excluding hydrogens is 288 g/mol. The van der Waals surface area contributed by atoms with Gasteiger partial charge in [0.2, 0.25) is 15.9 Å². The third-order valence-electron chi connectivity index (χ3n) is 4.45. The molecule has 0 radical (unpaired) electrons. The number of anilines is 1. The summed E-state index contributed by atoms with van der Waals surface area (Å²) in [5.41, 5.74) is 1.83. The van der Waals surface area contributed by atoms with Crippen LogP contribution in [0.3, 0.4) is 0 Å². The van der Waals surface area contributed by atoms with Gasteiger partial charge in [0.25, 0.3) is 0 Å². The van der Waals surface area contributed by atoms with Crippen LogP contribution in [-0.2, 0) is 21.2 Å². The highest BCUT2D eigenvalue weighted by Crippen LogP contribution is 2.35. The quantitative estimate of drug-likeness (QED) is 0.852. The highest BCUT2D eigenvalue weighted by atomic mass is 32.2. The first-order valence-corrected chi connectivity index (χ1v) is 8.72. The van der Waals surface area contributed by atoms with Gasteiger partial charge in [0.1, 0.15) is 0 Å². The van der Waals surface area contributed by atoms with Crippen LogP contribution >= 0.6 is 0 Å². The van der Waals surface area contributed by atoms with Gasteiger partial charge in [-0.1, -0.05) is 6.42 Å². The van der Waals surface area contributed by atoms with Gasteiger partial charge in [-0.3, -0.25) is 4.79 Å². The highest BCUT2D eigenvalue weighted by molar-refractivity contribution is 7.89. The van der Waals surface area contributed by atoms with Crippen LogP contribution in [0.25, 0.3) is 0 Å². The molecule has 3 rings (SSSR count). The Morgan fingerprint density at radius 2 is 2.00 bits per heavy atom. The molecule has 1 fully saturated rings. The van der Waals surface area contributed by atoms with Crippen molar-refractivity contribution in [1.29, 1.82) is 0 Å². The van der Waals surface area contributed by atoms with Crippen molar-refractivity contribution in [2.45, 2.75) is 30.6 Å². The molecule has 1 aliphatic heterocycles. The number of fused-ring (bicyclic) bond motifs is 1. The van der Waals surface area contributed by atoms with Crippen molar-refractivity contribution in [2.24, 2.45) is 5.92 Å². The molecule has 1 saturated carbocycles. The van der Waals surface area contributed by atoms with E-state index in [2.05, 4.69) is 0 Å². The van der Waals surface area contributed by atoms with E-state index in [0.717, 1.165) is 36.9 Å². The first kappa shape index (κ1) is 14.5. The topological polar surface area (TPSA) is 57.7 Å². The summed E-state index contributed by atoms with van der Waals surface area (Å²) in [5.74, 6) is 0.365. The van der Waals surface area contributed by atoms with E-state index >= 15 is 0 Å². The summed E-state index contributed by atoms with van der Waals surface area (Å²) in [6.07, 6.45) is 3.83. The van der Waals surface area contributed by atoms with E-state index in [1.54, 1.807) is 18.2 Å². The predicted octanol–water partition coefficient (Wildman–Crippen LogP) is 1.63.